The van der Waals surface area contributed by atoms with Gasteiger partial charge in [0.1, 0.15) is 17.3 Å². The molecule has 0 amide bonds. The molecular formula is C19H24N3O4P. The van der Waals surface area contributed by atoms with Crippen LogP contribution < -0.4 is 9.64 Å². The fourth-order valence-corrected chi connectivity index (χ4v) is 4.39. The molecule has 0 radical (unpaired) electrons. The molecule has 2 N–H and O–H groups in total. The van der Waals surface area contributed by atoms with Crippen LogP contribution in [-0.2, 0) is 4.57 Å². The van der Waals surface area contributed by atoms with E-state index in [0.29, 0.717) is 23.7 Å². The van der Waals surface area contributed by atoms with Gasteiger partial charge < -0.3 is 19.4 Å². The first-order chi connectivity index (χ1) is 12.9. The van der Waals surface area contributed by atoms with Crippen molar-refractivity contribution in [3.05, 3.63) is 30.0 Å². The summed E-state index contributed by atoms with van der Waals surface area (Å²) >= 11 is 0. The van der Waals surface area contributed by atoms with Gasteiger partial charge in [0.05, 0.1) is 18.4 Å². The molecule has 3 rings (SSSR count). The Morgan fingerprint density at radius 2 is 2.11 bits per heavy atom. The Hall–Kier alpha value is -2.13. The largest absolute Gasteiger partial charge is 0.494 e. The lowest BCUT2D eigenvalue weighted by molar-refractivity contribution is 0.355. The predicted molar refractivity (Wildman–Crippen MR) is 104 cm³/mol. The van der Waals surface area contributed by atoms with E-state index in [1.807, 2.05) is 18.2 Å². The fourth-order valence-electron chi connectivity index (χ4n) is 3.80. The molecule has 144 valence electrons. The molecule has 0 spiro atoms. The van der Waals surface area contributed by atoms with Gasteiger partial charge in [-0.3, -0.25) is 9.55 Å². The Morgan fingerprint density at radius 1 is 1.37 bits per heavy atom. The Labute approximate surface area is 158 Å². The number of hydrogen-bond acceptors (Lipinski definition) is 5. The summed E-state index contributed by atoms with van der Waals surface area (Å²) in [5.74, 6) is 1.14. The van der Waals surface area contributed by atoms with Crippen LogP contribution in [0.15, 0.2) is 24.4 Å². The van der Waals surface area contributed by atoms with Crippen molar-refractivity contribution >= 4 is 24.2 Å². The molecule has 2 heterocycles. The van der Waals surface area contributed by atoms with Crippen LogP contribution in [0.4, 0.5) is 5.69 Å². The molecule has 7 nitrogen and oxygen atoms in total. The third-order valence-electron chi connectivity index (χ3n) is 5.16. The number of fused-ring (bicyclic) bond motifs is 1. The number of ether oxygens (including phenoxy) is 1. The van der Waals surface area contributed by atoms with E-state index in [4.69, 9.17) is 14.5 Å². The fraction of sp³-hybridized carbons (Fsp3) is 0.474. The highest BCUT2D eigenvalue weighted by Crippen LogP contribution is 2.38. The van der Waals surface area contributed by atoms with Gasteiger partial charge in [-0.25, -0.2) is 0 Å². The van der Waals surface area contributed by atoms with Gasteiger partial charge in [-0.2, -0.15) is 5.26 Å². The maximum atomic E-state index is 11.0. The molecule has 1 aromatic carbocycles. The zero-order valence-corrected chi connectivity index (χ0v) is 16.2. The molecule has 1 aliphatic rings. The summed E-state index contributed by atoms with van der Waals surface area (Å²) in [5.41, 5.74) is 2.20. The van der Waals surface area contributed by atoms with Gasteiger partial charge in [-0.1, -0.05) is 12.1 Å². The number of para-hydroxylation sites is 1. The van der Waals surface area contributed by atoms with E-state index in [9.17, 15) is 9.83 Å². The van der Waals surface area contributed by atoms with E-state index in [1.165, 1.54) is 0 Å². The summed E-state index contributed by atoms with van der Waals surface area (Å²) in [4.78, 5) is 24.6. The van der Waals surface area contributed by atoms with E-state index >= 15 is 0 Å². The van der Waals surface area contributed by atoms with Gasteiger partial charge in [0.2, 0.25) is 0 Å². The molecule has 1 fully saturated rings. The van der Waals surface area contributed by atoms with E-state index in [1.54, 1.807) is 13.3 Å². The first kappa shape index (κ1) is 19.6. The van der Waals surface area contributed by atoms with E-state index < -0.39 is 7.60 Å². The maximum Gasteiger partial charge on any atom is 0.325 e. The Kier molecular flexibility index (Phi) is 6.01. The number of aromatic nitrogens is 1. The van der Waals surface area contributed by atoms with Crippen molar-refractivity contribution in [2.24, 2.45) is 5.92 Å². The third-order valence-corrected chi connectivity index (χ3v) is 6.06. The standard InChI is InChI=1S/C19H24N3O4P/c1-26-17-6-2-5-16-18(17)21-13-15(12-20)19(16)22-9-7-14(8-10-22)4-3-11-27(23,24)25/h2,5-6,13-14H,3-4,7-11H2,1H3,(H2,23,24,25). The van der Waals surface area contributed by atoms with Crippen molar-refractivity contribution in [2.75, 3.05) is 31.3 Å². The average molecular weight is 389 g/mol. The molecule has 1 aromatic heterocycles. The van der Waals surface area contributed by atoms with Crippen LogP contribution in [0.2, 0.25) is 0 Å². The lowest BCUT2D eigenvalue weighted by Gasteiger charge is -2.34. The smallest absolute Gasteiger partial charge is 0.325 e. The molecule has 0 aliphatic carbocycles. The number of methoxy groups -OCH3 is 1. The van der Waals surface area contributed by atoms with Crippen LogP contribution >= 0.6 is 7.60 Å². The second-order valence-electron chi connectivity index (χ2n) is 6.95. The van der Waals surface area contributed by atoms with Crippen molar-refractivity contribution in [3.8, 4) is 11.8 Å². The van der Waals surface area contributed by atoms with Gasteiger partial charge in [0, 0.05) is 30.8 Å². The highest BCUT2D eigenvalue weighted by molar-refractivity contribution is 7.51. The molecule has 8 heteroatoms. The monoisotopic (exact) mass is 389 g/mol. The van der Waals surface area contributed by atoms with Gasteiger partial charge in [0.15, 0.2) is 0 Å². The molecule has 2 aromatic rings. The number of nitrogens with zero attached hydrogens (tertiary/aromatic N) is 3. The second-order valence-corrected chi connectivity index (χ2v) is 8.73. The molecule has 27 heavy (non-hydrogen) atoms. The minimum absolute atomic E-state index is 0.0411. The van der Waals surface area contributed by atoms with Gasteiger partial charge in [-0.15, -0.1) is 0 Å². The van der Waals surface area contributed by atoms with Crippen LogP contribution in [0.1, 0.15) is 31.2 Å². The van der Waals surface area contributed by atoms with Crippen molar-refractivity contribution < 1.29 is 19.1 Å². The van der Waals surface area contributed by atoms with Crippen LogP contribution in [0.5, 0.6) is 5.75 Å². The molecule has 0 unspecified atom stereocenters. The molecular weight excluding hydrogens is 365 g/mol. The van der Waals surface area contributed by atoms with Crippen molar-refractivity contribution in [2.45, 2.75) is 25.7 Å². The number of nitriles is 1. The summed E-state index contributed by atoms with van der Waals surface area (Å²) in [5, 5.41) is 10.5. The lowest BCUT2D eigenvalue weighted by Crippen LogP contribution is -2.34. The number of pyridine rings is 1. The second kappa shape index (κ2) is 8.26. The summed E-state index contributed by atoms with van der Waals surface area (Å²) < 4.78 is 16.4. The zero-order valence-electron chi connectivity index (χ0n) is 15.3. The number of rotatable bonds is 6. The van der Waals surface area contributed by atoms with Crippen LogP contribution in [0.3, 0.4) is 0 Å². The number of benzene rings is 1. The summed E-state index contributed by atoms with van der Waals surface area (Å²) in [6, 6.07) is 7.98. The Morgan fingerprint density at radius 3 is 2.74 bits per heavy atom. The van der Waals surface area contributed by atoms with E-state index in [0.717, 1.165) is 48.9 Å². The minimum atomic E-state index is -3.90. The highest BCUT2D eigenvalue weighted by atomic mass is 31.2. The van der Waals surface area contributed by atoms with Crippen LogP contribution in [-0.4, -0.2) is 41.1 Å². The molecule has 0 saturated carbocycles. The normalized spacial score (nSPS) is 15.7. The summed E-state index contributed by atoms with van der Waals surface area (Å²) in [6.45, 7) is 1.62. The highest BCUT2D eigenvalue weighted by Gasteiger charge is 2.24. The first-order valence-electron chi connectivity index (χ1n) is 9.08. The quantitative estimate of drug-likeness (QED) is 0.730. The Balaban J connectivity index is 1.77. The number of hydrogen-bond donors (Lipinski definition) is 2. The Bertz CT molecular complexity index is 898. The average Bonchev–Trinajstić information content (AvgIpc) is 2.66. The topological polar surface area (TPSA) is 107 Å². The SMILES string of the molecule is COc1cccc2c(N3CCC(CCCP(=O)(O)O)CC3)c(C#N)cnc12. The van der Waals surface area contributed by atoms with Crippen molar-refractivity contribution in [1.82, 2.24) is 4.98 Å². The number of piperidine rings is 1. The van der Waals surface area contributed by atoms with E-state index in [2.05, 4.69) is 16.0 Å². The van der Waals surface area contributed by atoms with Gasteiger partial charge >= 0.3 is 7.60 Å². The lowest BCUT2D eigenvalue weighted by atomic mass is 9.91. The van der Waals surface area contributed by atoms with Crippen molar-refractivity contribution in [3.63, 3.8) is 0 Å². The molecule has 0 bridgehead atoms. The molecule has 1 saturated heterocycles. The predicted octanol–water partition coefficient (Wildman–Crippen LogP) is 3.29. The van der Waals surface area contributed by atoms with Crippen LogP contribution in [0.25, 0.3) is 10.9 Å². The molecule has 0 atom stereocenters. The summed E-state index contributed by atoms with van der Waals surface area (Å²) in [7, 11) is -2.30. The molecule has 1 aliphatic heterocycles. The van der Waals surface area contributed by atoms with Gasteiger partial charge in [0.25, 0.3) is 0 Å². The van der Waals surface area contributed by atoms with Crippen LogP contribution in [0, 0.1) is 17.2 Å². The maximum absolute atomic E-state index is 11.0. The van der Waals surface area contributed by atoms with Crippen molar-refractivity contribution in [1.29, 1.82) is 5.26 Å². The zero-order chi connectivity index (χ0) is 19.4. The minimum Gasteiger partial charge on any atom is -0.494 e. The third kappa shape index (κ3) is 4.59. The first-order valence-corrected chi connectivity index (χ1v) is 10.9. The van der Waals surface area contributed by atoms with E-state index in [-0.39, 0.29) is 6.16 Å². The number of anilines is 1. The van der Waals surface area contributed by atoms with Gasteiger partial charge in [-0.05, 0) is 37.7 Å². The summed E-state index contributed by atoms with van der Waals surface area (Å²) in [6.07, 6.45) is 4.83.